The molecule has 1 atom stereocenters. The smallest absolute Gasteiger partial charge is 0.238 e. The molecule has 1 unspecified atom stereocenters. The molecule has 1 aliphatic heterocycles. The first-order chi connectivity index (χ1) is 10.1. The van der Waals surface area contributed by atoms with Crippen molar-refractivity contribution in [2.24, 2.45) is 5.73 Å². The zero-order valence-corrected chi connectivity index (χ0v) is 14.6. The van der Waals surface area contributed by atoms with Crippen LogP contribution in [-0.2, 0) is 4.79 Å². The first kappa shape index (κ1) is 19.2. The van der Waals surface area contributed by atoms with Crippen LogP contribution < -0.4 is 11.1 Å². The van der Waals surface area contributed by atoms with E-state index in [4.69, 9.17) is 17.3 Å². The van der Waals surface area contributed by atoms with E-state index < -0.39 is 0 Å². The lowest BCUT2D eigenvalue weighted by atomic mass is 9.99. The summed E-state index contributed by atoms with van der Waals surface area (Å²) in [5.74, 6) is -0.00956. The van der Waals surface area contributed by atoms with Crippen LogP contribution in [0, 0.1) is 6.92 Å². The third-order valence-corrected chi connectivity index (χ3v) is 4.31. The van der Waals surface area contributed by atoms with Gasteiger partial charge in [0, 0.05) is 6.04 Å². The summed E-state index contributed by atoms with van der Waals surface area (Å²) in [7, 11) is 0. The van der Waals surface area contributed by atoms with Gasteiger partial charge in [0.05, 0.1) is 17.3 Å². The number of amides is 1. The Hall–Kier alpha value is -0.810. The largest absolute Gasteiger partial charge is 0.330 e. The van der Waals surface area contributed by atoms with Crippen LogP contribution in [-0.4, -0.2) is 36.5 Å². The summed E-state index contributed by atoms with van der Waals surface area (Å²) in [5.41, 5.74) is 7.43. The third kappa shape index (κ3) is 5.43. The van der Waals surface area contributed by atoms with Gasteiger partial charge in [-0.25, -0.2) is 0 Å². The minimum atomic E-state index is -0.00956. The quantitative estimate of drug-likeness (QED) is 0.861. The highest BCUT2D eigenvalue weighted by molar-refractivity contribution is 6.33. The number of carbonyl (C=O) groups is 1. The number of likely N-dealkylation sites (tertiary alicyclic amines) is 1. The van der Waals surface area contributed by atoms with Gasteiger partial charge in [-0.1, -0.05) is 24.1 Å². The van der Waals surface area contributed by atoms with Gasteiger partial charge in [-0.3, -0.25) is 9.69 Å². The summed E-state index contributed by atoms with van der Waals surface area (Å²) in [6, 6.07) is 6.08. The molecule has 1 fully saturated rings. The van der Waals surface area contributed by atoms with E-state index in [2.05, 4.69) is 10.2 Å². The highest BCUT2D eigenvalue weighted by Crippen LogP contribution is 2.23. The van der Waals surface area contributed by atoms with Crippen molar-refractivity contribution in [2.45, 2.75) is 38.6 Å². The molecule has 0 radical (unpaired) electrons. The highest BCUT2D eigenvalue weighted by Gasteiger charge is 2.23. The molecule has 1 saturated heterocycles. The molecular formula is C16H25Cl2N3O. The maximum atomic E-state index is 12.2. The monoisotopic (exact) mass is 345 g/mol. The van der Waals surface area contributed by atoms with Gasteiger partial charge in [0.25, 0.3) is 0 Å². The first-order valence-corrected chi connectivity index (χ1v) is 7.98. The molecule has 0 aromatic heterocycles. The Balaban J connectivity index is 0.00000242. The van der Waals surface area contributed by atoms with E-state index in [1.165, 1.54) is 6.42 Å². The summed E-state index contributed by atoms with van der Waals surface area (Å²) in [6.45, 7) is 4.03. The number of hydrogen-bond donors (Lipinski definition) is 2. The van der Waals surface area contributed by atoms with Crippen molar-refractivity contribution in [3.63, 3.8) is 0 Å². The fourth-order valence-corrected chi connectivity index (χ4v) is 3.17. The highest BCUT2D eigenvalue weighted by atomic mass is 35.5. The van der Waals surface area contributed by atoms with Gasteiger partial charge in [0.15, 0.2) is 0 Å². The molecule has 0 bridgehead atoms. The number of hydrogen-bond acceptors (Lipinski definition) is 3. The Kier molecular flexibility index (Phi) is 8.18. The fourth-order valence-electron chi connectivity index (χ4n) is 2.88. The second-order valence-electron chi connectivity index (χ2n) is 5.73. The van der Waals surface area contributed by atoms with E-state index >= 15 is 0 Å². The van der Waals surface area contributed by atoms with Crippen LogP contribution >= 0.6 is 24.0 Å². The number of benzene rings is 1. The molecule has 1 aliphatic rings. The second-order valence-corrected chi connectivity index (χ2v) is 6.14. The molecule has 1 aromatic rings. The van der Waals surface area contributed by atoms with Gasteiger partial charge in [0.2, 0.25) is 5.91 Å². The number of nitrogens with zero attached hydrogens (tertiary/aromatic N) is 1. The van der Waals surface area contributed by atoms with Crippen molar-refractivity contribution in [3.8, 4) is 0 Å². The normalized spacial score (nSPS) is 18.6. The van der Waals surface area contributed by atoms with E-state index in [0.717, 1.165) is 31.4 Å². The summed E-state index contributed by atoms with van der Waals surface area (Å²) in [6.07, 6.45) is 4.47. The lowest BCUT2D eigenvalue weighted by molar-refractivity contribution is -0.118. The minimum absolute atomic E-state index is 0. The minimum Gasteiger partial charge on any atom is -0.330 e. The Bertz CT molecular complexity index is 494. The molecule has 1 amide bonds. The van der Waals surface area contributed by atoms with Crippen molar-refractivity contribution < 1.29 is 4.79 Å². The Morgan fingerprint density at radius 1 is 1.45 bits per heavy atom. The van der Waals surface area contributed by atoms with Gasteiger partial charge in [0.1, 0.15) is 0 Å². The molecule has 3 N–H and O–H groups in total. The Morgan fingerprint density at radius 3 is 2.91 bits per heavy atom. The Morgan fingerprint density at radius 2 is 2.23 bits per heavy atom. The van der Waals surface area contributed by atoms with Crippen LogP contribution in [0.25, 0.3) is 0 Å². The van der Waals surface area contributed by atoms with Crippen LogP contribution in [0.3, 0.4) is 0 Å². The van der Waals surface area contributed by atoms with Crippen molar-refractivity contribution >= 4 is 35.6 Å². The molecule has 4 nitrogen and oxygen atoms in total. The zero-order valence-electron chi connectivity index (χ0n) is 13.0. The molecule has 1 heterocycles. The number of aryl methyl sites for hydroxylation is 1. The molecule has 1 aromatic carbocycles. The number of carbonyl (C=O) groups excluding carboxylic acids is 1. The average molecular weight is 346 g/mol. The molecule has 124 valence electrons. The summed E-state index contributed by atoms with van der Waals surface area (Å²) in [4.78, 5) is 14.5. The lowest BCUT2D eigenvalue weighted by Crippen LogP contribution is -2.44. The molecule has 22 heavy (non-hydrogen) atoms. The molecule has 0 saturated carbocycles. The number of rotatable bonds is 5. The first-order valence-electron chi connectivity index (χ1n) is 7.60. The van der Waals surface area contributed by atoms with Crippen molar-refractivity contribution in [2.75, 3.05) is 25.0 Å². The predicted octanol–water partition coefficient (Wildman–Crippen LogP) is 3.21. The molecule has 6 heteroatoms. The number of nitrogens with two attached hydrogens (primary N) is 1. The molecule has 0 aliphatic carbocycles. The lowest BCUT2D eigenvalue weighted by Gasteiger charge is -2.35. The number of piperidine rings is 1. The van der Waals surface area contributed by atoms with E-state index in [0.29, 0.717) is 29.8 Å². The van der Waals surface area contributed by atoms with Crippen LogP contribution in [0.15, 0.2) is 18.2 Å². The van der Waals surface area contributed by atoms with E-state index in [1.54, 1.807) is 0 Å². The van der Waals surface area contributed by atoms with Gasteiger partial charge in [-0.05, 0) is 57.0 Å². The van der Waals surface area contributed by atoms with Gasteiger partial charge in [-0.15, -0.1) is 12.4 Å². The maximum absolute atomic E-state index is 12.2. The van der Waals surface area contributed by atoms with Crippen LogP contribution in [0.4, 0.5) is 5.69 Å². The standard InChI is InChI=1S/C16H24ClN3O.ClH/c1-12-5-6-15(14(17)10-12)19-16(21)11-20-9-3-2-4-13(20)7-8-18;/h5-6,10,13H,2-4,7-9,11,18H2,1H3,(H,19,21);1H. The van der Waals surface area contributed by atoms with Crippen LogP contribution in [0.1, 0.15) is 31.2 Å². The second kappa shape index (κ2) is 9.36. The van der Waals surface area contributed by atoms with Gasteiger partial charge >= 0.3 is 0 Å². The summed E-state index contributed by atoms with van der Waals surface area (Å²) >= 11 is 6.15. The topological polar surface area (TPSA) is 58.4 Å². The fraction of sp³-hybridized carbons (Fsp3) is 0.562. The van der Waals surface area contributed by atoms with Crippen molar-refractivity contribution in [1.29, 1.82) is 0 Å². The van der Waals surface area contributed by atoms with E-state index in [1.807, 2.05) is 25.1 Å². The SMILES string of the molecule is Cc1ccc(NC(=O)CN2CCCCC2CCN)c(Cl)c1.Cl. The third-order valence-electron chi connectivity index (χ3n) is 3.99. The molecular weight excluding hydrogens is 321 g/mol. The van der Waals surface area contributed by atoms with E-state index in [9.17, 15) is 4.79 Å². The Labute approximate surface area is 143 Å². The molecule has 0 spiro atoms. The number of halogens is 2. The van der Waals surface area contributed by atoms with Crippen LogP contribution in [0.2, 0.25) is 5.02 Å². The van der Waals surface area contributed by atoms with E-state index in [-0.39, 0.29) is 18.3 Å². The average Bonchev–Trinajstić information content (AvgIpc) is 2.44. The van der Waals surface area contributed by atoms with Gasteiger partial charge < -0.3 is 11.1 Å². The predicted molar refractivity (Wildman–Crippen MR) is 95.0 cm³/mol. The summed E-state index contributed by atoms with van der Waals surface area (Å²) < 4.78 is 0. The van der Waals surface area contributed by atoms with Crippen molar-refractivity contribution in [3.05, 3.63) is 28.8 Å². The van der Waals surface area contributed by atoms with Crippen LogP contribution in [0.5, 0.6) is 0 Å². The number of nitrogens with one attached hydrogen (secondary N) is 1. The number of anilines is 1. The van der Waals surface area contributed by atoms with Crippen molar-refractivity contribution in [1.82, 2.24) is 4.90 Å². The zero-order chi connectivity index (χ0) is 15.2. The van der Waals surface area contributed by atoms with Gasteiger partial charge in [-0.2, -0.15) is 0 Å². The maximum Gasteiger partial charge on any atom is 0.238 e. The summed E-state index contributed by atoms with van der Waals surface area (Å²) in [5, 5.41) is 3.49. The molecule has 2 rings (SSSR count).